The Labute approximate surface area is 219 Å². The first-order valence-electron chi connectivity index (χ1n) is 12.2. The van der Waals surface area contributed by atoms with E-state index in [4.69, 9.17) is 9.47 Å². The van der Waals surface area contributed by atoms with Gasteiger partial charge in [-0.25, -0.2) is 9.37 Å². The predicted molar refractivity (Wildman–Crippen MR) is 141 cm³/mol. The summed E-state index contributed by atoms with van der Waals surface area (Å²) in [6, 6.07) is 15.4. The number of halogens is 1. The number of aryl methyl sites for hydroxylation is 1. The van der Waals surface area contributed by atoms with Crippen molar-refractivity contribution < 1.29 is 13.9 Å². The number of benzene rings is 1. The summed E-state index contributed by atoms with van der Waals surface area (Å²) in [7, 11) is 4.77. The fourth-order valence-electron chi connectivity index (χ4n) is 5.07. The molecule has 0 saturated carbocycles. The van der Waals surface area contributed by atoms with Gasteiger partial charge in [-0.15, -0.1) is 0 Å². The number of ether oxygens (including phenoxy) is 2. The van der Waals surface area contributed by atoms with Gasteiger partial charge in [-0.2, -0.15) is 5.26 Å². The SMILES string of the molecule is COc1ccc2c(n1)c(N1CCN(C(c3ccc(F)cc3)c3ncccc3OC)CC1)c(C#N)c(=O)n2C. The van der Waals surface area contributed by atoms with Crippen LogP contribution in [0.3, 0.4) is 0 Å². The zero-order valence-electron chi connectivity index (χ0n) is 21.4. The number of piperazine rings is 1. The molecule has 0 spiro atoms. The van der Waals surface area contributed by atoms with Gasteiger partial charge >= 0.3 is 0 Å². The van der Waals surface area contributed by atoms with E-state index in [2.05, 4.69) is 20.9 Å². The molecule has 0 N–H and O–H groups in total. The standard InChI is InChI=1S/C28H27FN6O3/c1-33-21-10-11-23(38-3)32-24(21)27(20(17-30)28(33)36)35-15-13-34(14-16-35)26(18-6-8-19(29)9-7-18)25-22(37-2)5-4-12-31-25/h4-12,26H,13-16H2,1-3H3. The first-order valence-corrected chi connectivity index (χ1v) is 12.2. The number of aromatic nitrogens is 3. The van der Waals surface area contributed by atoms with Crippen molar-refractivity contribution in [1.82, 2.24) is 19.4 Å². The first-order chi connectivity index (χ1) is 18.5. The molecule has 0 amide bonds. The van der Waals surface area contributed by atoms with Crippen LogP contribution in [0.5, 0.6) is 11.6 Å². The Morgan fingerprint density at radius 1 is 1.03 bits per heavy atom. The normalized spacial score (nSPS) is 14.8. The van der Waals surface area contributed by atoms with Crippen LogP contribution in [0.4, 0.5) is 10.1 Å². The molecule has 1 aliphatic rings. The largest absolute Gasteiger partial charge is 0.495 e. The highest BCUT2D eigenvalue weighted by molar-refractivity contribution is 5.92. The van der Waals surface area contributed by atoms with Crippen molar-refractivity contribution in [3.8, 4) is 17.7 Å². The highest BCUT2D eigenvalue weighted by Crippen LogP contribution is 2.35. The van der Waals surface area contributed by atoms with Crippen LogP contribution in [0.1, 0.15) is 22.9 Å². The summed E-state index contributed by atoms with van der Waals surface area (Å²) in [5, 5.41) is 9.95. The van der Waals surface area contributed by atoms with Crippen LogP contribution >= 0.6 is 0 Å². The summed E-state index contributed by atoms with van der Waals surface area (Å²) in [6.45, 7) is 2.24. The van der Waals surface area contributed by atoms with Gasteiger partial charge < -0.3 is 18.9 Å². The van der Waals surface area contributed by atoms with Gasteiger partial charge in [0.25, 0.3) is 5.56 Å². The maximum atomic E-state index is 13.8. The molecule has 0 radical (unpaired) electrons. The molecule has 10 heteroatoms. The molecule has 1 saturated heterocycles. The molecule has 0 aliphatic carbocycles. The number of fused-ring (bicyclic) bond motifs is 1. The third kappa shape index (κ3) is 4.41. The van der Waals surface area contributed by atoms with E-state index in [0.717, 1.165) is 11.3 Å². The molecule has 1 aliphatic heterocycles. The van der Waals surface area contributed by atoms with Crippen LogP contribution in [-0.4, -0.2) is 59.8 Å². The zero-order chi connectivity index (χ0) is 26.8. The summed E-state index contributed by atoms with van der Waals surface area (Å²) < 4.78 is 26.1. The summed E-state index contributed by atoms with van der Waals surface area (Å²) in [4.78, 5) is 26.6. The van der Waals surface area contributed by atoms with E-state index < -0.39 is 0 Å². The van der Waals surface area contributed by atoms with Crippen LogP contribution in [-0.2, 0) is 7.05 Å². The predicted octanol–water partition coefficient (Wildman–Crippen LogP) is 3.27. The highest BCUT2D eigenvalue weighted by Gasteiger charge is 2.32. The minimum Gasteiger partial charge on any atom is -0.495 e. The molecule has 1 atom stereocenters. The van der Waals surface area contributed by atoms with Crippen molar-refractivity contribution in [1.29, 1.82) is 5.26 Å². The third-order valence-electron chi connectivity index (χ3n) is 6.97. The van der Waals surface area contributed by atoms with Gasteiger partial charge in [-0.05, 0) is 35.9 Å². The van der Waals surface area contributed by atoms with Crippen LogP contribution in [0.2, 0.25) is 0 Å². The lowest BCUT2D eigenvalue weighted by atomic mass is 9.99. The summed E-state index contributed by atoms with van der Waals surface area (Å²) in [6.07, 6.45) is 1.72. The molecule has 1 fully saturated rings. The molecule has 3 aromatic heterocycles. The minimum atomic E-state index is -0.369. The number of rotatable bonds is 6. The molecule has 1 aromatic carbocycles. The van der Waals surface area contributed by atoms with Gasteiger partial charge in [0, 0.05) is 45.5 Å². The third-order valence-corrected chi connectivity index (χ3v) is 6.97. The Bertz CT molecular complexity index is 1570. The van der Waals surface area contributed by atoms with Gasteiger partial charge in [-0.3, -0.25) is 14.7 Å². The fraction of sp³-hybridized carbons (Fsp3) is 0.286. The van der Waals surface area contributed by atoms with Crippen LogP contribution in [0.15, 0.2) is 59.5 Å². The highest BCUT2D eigenvalue weighted by atomic mass is 19.1. The summed E-state index contributed by atoms with van der Waals surface area (Å²) >= 11 is 0. The molecule has 9 nitrogen and oxygen atoms in total. The number of methoxy groups -OCH3 is 2. The average Bonchev–Trinajstić information content (AvgIpc) is 2.96. The Morgan fingerprint density at radius 2 is 1.76 bits per heavy atom. The van der Waals surface area contributed by atoms with Gasteiger partial charge in [-0.1, -0.05) is 12.1 Å². The lowest BCUT2D eigenvalue weighted by molar-refractivity contribution is 0.205. The Balaban J connectivity index is 1.54. The maximum absolute atomic E-state index is 13.8. The van der Waals surface area contributed by atoms with Gasteiger partial charge in [0.2, 0.25) is 5.88 Å². The van der Waals surface area contributed by atoms with E-state index in [-0.39, 0.29) is 23.0 Å². The van der Waals surface area contributed by atoms with Crippen molar-refractivity contribution in [2.75, 3.05) is 45.3 Å². The lowest BCUT2D eigenvalue weighted by Crippen LogP contribution is -2.49. The van der Waals surface area contributed by atoms with E-state index in [1.54, 1.807) is 44.6 Å². The second-order valence-electron chi connectivity index (χ2n) is 8.99. The molecule has 0 bridgehead atoms. The van der Waals surface area contributed by atoms with E-state index >= 15 is 0 Å². The lowest BCUT2D eigenvalue weighted by Gasteiger charge is -2.40. The van der Waals surface area contributed by atoms with Gasteiger partial charge in [0.15, 0.2) is 0 Å². The van der Waals surface area contributed by atoms with Crippen molar-refractivity contribution in [3.63, 3.8) is 0 Å². The molecule has 5 rings (SSSR count). The Hall–Kier alpha value is -4.49. The molecular weight excluding hydrogens is 487 g/mol. The summed E-state index contributed by atoms with van der Waals surface area (Å²) in [5.41, 5.74) is 2.98. The molecule has 1 unspecified atom stereocenters. The Kier molecular flexibility index (Phi) is 6.94. The molecule has 194 valence electrons. The number of nitriles is 1. The molecular formula is C28H27FN6O3. The smallest absolute Gasteiger partial charge is 0.270 e. The number of nitrogens with zero attached hydrogens (tertiary/aromatic N) is 6. The molecule has 4 aromatic rings. The number of anilines is 1. The van der Waals surface area contributed by atoms with Crippen molar-refractivity contribution in [2.45, 2.75) is 6.04 Å². The number of pyridine rings is 3. The maximum Gasteiger partial charge on any atom is 0.270 e. The van der Waals surface area contributed by atoms with Crippen molar-refractivity contribution >= 4 is 16.7 Å². The van der Waals surface area contributed by atoms with Gasteiger partial charge in [0.05, 0.1) is 31.5 Å². The number of hydrogen-bond donors (Lipinski definition) is 0. The van der Waals surface area contributed by atoms with E-state index in [1.165, 1.54) is 23.8 Å². The second-order valence-corrected chi connectivity index (χ2v) is 8.99. The first kappa shape index (κ1) is 25.2. The second kappa shape index (κ2) is 10.5. The number of hydrogen-bond acceptors (Lipinski definition) is 8. The van der Waals surface area contributed by atoms with E-state index in [9.17, 15) is 14.4 Å². The van der Waals surface area contributed by atoms with E-state index in [0.29, 0.717) is 54.5 Å². The van der Waals surface area contributed by atoms with Gasteiger partial charge in [0.1, 0.15) is 34.4 Å². The average molecular weight is 515 g/mol. The molecule has 38 heavy (non-hydrogen) atoms. The van der Waals surface area contributed by atoms with Crippen LogP contribution in [0, 0.1) is 17.1 Å². The fourth-order valence-corrected chi connectivity index (χ4v) is 5.07. The molecule has 4 heterocycles. The van der Waals surface area contributed by atoms with Crippen molar-refractivity contribution in [3.05, 3.63) is 87.7 Å². The van der Waals surface area contributed by atoms with Crippen LogP contribution in [0.25, 0.3) is 11.0 Å². The van der Waals surface area contributed by atoms with E-state index in [1.807, 2.05) is 17.0 Å². The zero-order valence-corrected chi connectivity index (χ0v) is 21.4. The quantitative estimate of drug-likeness (QED) is 0.387. The van der Waals surface area contributed by atoms with Crippen molar-refractivity contribution in [2.24, 2.45) is 7.05 Å². The summed E-state index contributed by atoms with van der Waals surface area (Å²) in [5.74, 6) is 0.734. The minimum absolute atomic E-state index is 0.0516. The topological polar surface area (TPSA) is 96.5 Å². The van der Waals surface area contributed by atoms with Crippen LogP contribution < -0.4 is 19.9 Å². The Morgan fingerprint density at radius 3 is 2.42 bits per heavy atom. The monoisotopic (exact) mass is 514 g/mol.